The first kappa shape index (κ1) is 20.0. The van der Waals surface area contributed by atoms with Gasteiger partial charge < -0.3 is 10.2 Å². The number of carbonyl (C=O) groups excluding carboxylic acids is 1. The largest absolute Gasteiger partial charge is 0.368 e. The molecular formula is C17H26ClN3O3S. The lowest BCUT2D eigenvalue weighted by Gasteiger charge is -2.35. The van der Waals surface area contributed by atoms with Crippen LogP contribution in [0.1, 0.15) is 20.3 Å². The van der Waals surface area contributed by atoms with Crippen LogP contribution in [-0.4, -0.2) is 57.1 Å². The van der Waals surface area contributed by atoms with E-state index in [1.54, 1.807) is 0 Å². The number of nitrogens with one attached hydrogen (secondary N) is 1. The first-order chi connectivity index (χ1) is 11.8. The first-order valence-corrected chi connectivity index (χ1v) is 10.5. The maximum absolute atomic E-state index is 12.4. The van der Waals surface area contributed by atoms with Crippen molar-refractivity contribution in [1.29, 1.82) is 0 Å². The Bertz CT molecular complexity index is 686. The standard InChI is InChI=1S/C17H26ClN3O3S/c1-14(2)13-17(22)19-7-12-25(23,24)21-10-8-20(9-11-21)16-6-4-3-5-15(16)18/h3-6,14H,7-13H2,1-2H3,(H,19,22). The number of sulfonamides is 1. The third-order valence-corrected chi connectivity index (χ3v) is 6.29. The lowest BCUT2D eigenvalue weighted by atomic mass is 10.1. The lowest BCUT2D eigenvalue weighted by molar-refractivity contribution is -0.121. The molecule has 1 aliphatic rings. The van der Waals surface area contributed by atoms with Crippen LogP contribution in [0.3, 0.4) is 0 Å². The van der Waals surface area contributed by atoms with Gasteiger partial charge in [-0.1, -0.05) is 37.6 Å². The molecule has 1 aromatic rings. The average Bonchev–Trinajstić information content (AvgIpc) is 2.54. The van der Waals surface area contributed by atoms with Gasteiger partial charge >= 0.3 is 0 Å². The summed E-state index contributed by atoms with van der Waals surface area (Å²) in [4.78, 5) is 13.7. The maximum atomic E-state index is 12.4. The van der Waals surface area contributed by atoms with Crippen LogP contribution in [0.2, 0.25) is 5.02 Å². The molecule has 2 rings (SSSR count). The summed E-state index contributed by atoms with van der Waals surface area (Å²) in [5.41, 5.74) is 0.933. The fourth-order valence-electron chi connectivity index (χ4n) is 2.81. The molecule has 1 aromatic carbocycles. The van der Waals surface area contributed by atoms with E-state index in [1.807, 2.05) is 38.1 Å². The Morgan fingerprint density at radius 3 is 2.44 bits per heavy atom. The van der Waals surface area contributed by atoms with Crippen LogP contribution in [0.15, 0.2) is 24.3 Å². The molecule has 0 unspecified atom stereocenters. The van der Waals surface area contributed by atoms with E-state index in [0.29, 0.717) is 37.6 Å². The van der Waals surface area contributed by atoms with Gasteiger partial charge in [-0.25, -0.2) is 8.42 Å². The van der Waals surface area contributed by atoms with Crippen LogP contribution in [0, 0.1) is 5.92 Å². The summed E-state index contributed by atoms with van der Waals surface area (Å²) in [5, 5.41) is 3.35. The SMILES string of the molecule is CC(C)CC(=O)NCCS(=O)(=O)N1CCN(c2ccccc2Cl)CC1. The molecule has 25 heavy (non-hydrogen) atoms. The monoisotopic (exact) mass is 387 g/mol. The minimum absolute atomic E-state index is 0.0665. The minimum Gasteiger partial charge on any atom is -0.368 e. The molecule has 0 radical (unpaired) electrons. The zero-order valence-electron chi connectivity index (χ0n) is 14.7. The predicted octanol–water partition coefficient (Wildman–Crippen LogP) is 1.95. The van der Waals surface area contributed by atoms with Crippen molar-refractivity contribution in [2.45, 2.75) is 20.3 Å². The van der Waals surface area contributed by atoms with Gasteiger partial charge in [-0.15, -0.1) is 0 Å². The first-order valence-electron chi connectivity index (χ1n) is 8.53. The summed E-state index contributed by atoms with van der Waals surface area (Å²) in [6.07, 6.45) is 0.413. The molecule has 8 heteroatoms. The number of halogens is 1. The van der Waals surface area contributed by atoms with Crippen molar-refractivity contribution < 1.29 is 13.2 Å². The lowest BCUT2D eigenvalue weighted by Crippen LogP contribution is -2.50. The third-order valence-electron chi connectivity index (χ3n) is 4.10. The highest BCUT2D eigenvalue weighted by molar-refractivity contribution is 7.89. The van der Waals surface area contributed by atoms with E-state index in [4.69, 9.17) is 11.6 Å². The number of hydrogen-bond donors (Lipinski definition) is 1. The van der Waals surface area contributed by atoms with Crippen LogP contribution in [0.25, 0.3) is 0 Å². The quantitative estimate of drug-likeness (QED) is 0.776. The summed E-state index contributed by atoms with van der Waals surface area (Å²) in [6, 6.07) is 7.57. The van der Waals surface area contributed by atoms with Crippen molar-refractivity contribution >= 4 is 33.2 Å². The van der Waals surface area contributed by atoms with E-state index < -0.39 is 10.0 Å². The highest BCUT2D eigenvalue weighted by Crippen LogP contribution is 2.26. The number of carbonyl (C=O) groups is 1. The topological polar surface area (TPSA) is 69.7 Å². The highest BCUT2D eigenvalue weighted by Gasteiger charge is 2.27. The van der Waals surface area contributed by atoms with Crippen molar-refractivity contribution in [2.24, 2.45) is 5.92 Å². The number of hydrogen-bond acceptors (Lipinski definition) is 4. The Balaban J connectivity index is 1.83. The normalized spacial score (nSPS) is 16.2. The van der Waals surface area contributed by atoms with E-state index in [0.717, 1.165) is 5.69 Å². The second-order valence-electron chi connectivity index (χ2n) is 6.60. The van der Waals surface area contributed by atoms with Crippen molar-refractivity contribution in [2.75, 3.05) is 43.4 Å². The second-order valence-corrected chi connectivity index (χ2v) is 9.10. The van der Waals surface area contributed by atoms with Gasteiger partial charge in [0.25, 0.3) is 0 Å². The summed E-state index contributed by atoms with van der Waals surface area (Å²) in [6.45, 7) is 6.11. The van der Waals surface area contributed by atoms with Gasteiger partial charge in [-0.3, -0.25) is 4.79 Å². The van der Waals surface area contributed by atoms with Crippen LogP contribution in [-0.2, 0) is 14.8 Å². The van der Waals surface area contributed by atoms with E-state index in [2.05, 4.69) is 10.2 Å². The van der Waals surface area contributed by atoms with Crippen LogP contribution in [0.5, 0.6) is 0 Å². The number of benzene rings is 1. The molecule has 0 atom stereocenters. The molecule has 1 saturated heterocycles. The van der Waals surface area contributed by atoms with Crippen molar-refractivity contribution in [1.82, 2.24) is 9.62 Å². The summed E-state index contributed by atoms with van der Waals surface area (Å²) in [7, 11) is -3.36. The van der Waals surface area contributed by atoms with E-state index >= 15 is 0 Å². The Kier molecular flexibility index (Phi) is 7.10. The molecule has 140 valence electrons. The molecule has 0 bridgehead atoms. The number of piperazine rings is 1. The fraction of sp³-hybridized carbons (Fsp3) is 0.588. The van der Waals surface area contributed by atoms with Crippen molar-refractivity contribution in [3.05, 3.63) is 29.3 Å². The molecular weight excluding hydrogens is 362 g/mol. The van der Waals surface area contributed by atoms with Crippen LogP contribution in [0.4, 0.5) is 5.69 Å². The van der Waals surface area contributed by atoms with Gasteiger partial charge in [0.05, 0.1) is 16.5 Å². The number of rotatable bonds is 7. The van der Waals surface area contributed by atoms with Crippen molar-refractivity contribution in [3.8, 4) is 0 Å². The van der Waals surface area contributed by atoms with E-state index in [9.17, 15) is 13.2 Å². The van der Waals surface area contributed by atoms with Gasteiger partial charge in [0.15, 0.2) is 0 Å². The molecule has 0 saturated carbocycles. The predicted molar refractivity (Wildman–Crippen MR) is 101 cm³/mol. The molecule has 1 aliphatic heterocycles. The molecule has 1 N–H and O–H groups in total. The molecule has 6 nitrogen and oxygen atoms in total. The Morgan fingerprint density at radius 2 is 1.84 bits per heavy atom. The third kappa shape index (κ3) is 5.87. The highest BCUT2D eigenvalue weighted by atomic mass is 35.5. The number of nitrogens with zero attached hydrogens (tertiary/aromatic N) is 2. The van der Waals surface area contributed by atoms with Gasteiger partial charge in [0.1, 0.15) is 0 Å². The van der Waals surface area contributed by atoms with Gasteiger partial charge in [-0.2, -0.15) is 4.31 Å². The zero-order valence-corrected chi connectivity index (χ0v) is 16.3. The van der Waals surface area contributed by atoms with Crippen LogP contribution < -0.4 is 10.2 Å². The minimum atomic E-state index is -3.36. The summed E-state index contributed by atoms with van der Waals surface area (Å²) >= 11 is 6.20. The van der Waals surface area contributed by atoms with Gasteiger partial charge in [0.2, 0.25) is 15.9 Å². The number of para-hydroxylation sites is 1. The summed E-state index contributed by atoms with van der Waals surface area (Å²) in [5.74, 6) is 0.0892. The fourth-order valence-corrected chi connectivity index (χ4v) is 4.40. The average molecular weight is 388 g/mol. The maximum Gasteiger partial charge on any atom is 0.220 e. The molecule has 0 aliphatic carbocycles. The smallest absolute Gasteiger partial charge is 0.220 e. The van der Waals surface area contributed by atoms with Crippen LogP contribution >= 0.6 is 11.6 Å². The summed E-state index contributed by atoms with van der Waals surface area (Å²) < 4.78 is 26.4. The number of anilines is 1. The Labute approximate surface area is 155 Å². The molecule has 0 spiro atoms. The van der Waals surface area contributed by atoms with Gasteiger partial charge in [0, 0.05) is 39.1 Å². The molecule has 1 fully saturated rings. The zero-order chi connectivity index (χ0) is 18.4. The Morgan fingerprint density at radius 1 is 1.20 bits per heavy atom. The van der Waals surface area contributed by atoms with Crippen molar-refractivity contribution in [3.63, 3.8) is 0 Å². The van der Waals surface area contributed by atoms with E-state index in [1.165, 1.54) is 4.31 Å². The molecule has 1 heterocycles. The van der Waals surface area contributed by atoms with Gasteiger partial charge in [-0.05, 0) is 18.1 Å². The number of amides is 1. The molecule has 1 amide bonds. The Hall–Kier alpha value is -1.31. The second kappa shape index (κ2) is 8.87. The molecule has 0 aromatic heterocycles. The van der Waals surface area contributed by atoms with E-state index in [-0.39, 0.29) is 24.1 Å².